The lowest BCUT2D eigenvalue weighted by atomic mass is 10.0. The Kier molecular flexibility index (Phi) is 4.36. The van der Waals surface area contributed by atoms with Crippen LogP contribution in [0.15, 0.2) is 42.6 Å². The van der Waals surface area contributed by atoms with Crippen LogP contribution in [-0.2, 0) is 6.54 Å². The van der Waals surface area contributed by atoms with Crippen molar-refractivity contribution in [3.05, 3.63) is 59.5 Å². The molecule has 2 heterocycles. The fourth-order valence-corrected chi connectivity index (χ4v) is 3.03. The average Bonchev–Trinajstić information content (AvgIpc) is 2.89. The minimum Gasteiger partial charge on any atom is -0.481 e. The van der Waals surface area contributed by atoms with Gasteiger partial charge in [-0.15, -0.1) is 0 Å². The summed E-state index contributed by atoms with van der Waals surface area (Å²) in [6.45, 7) is 1.22. The van der Waals surface area contributed by atoms with E-state index in [1.807, 2.05) is 12.1 Å². The monoisotopic (exact) mass is 302 g/mol. The highest BCUT2D eigenvalue weighted by atomic mass is 19.1. The normalized spacial score (nSPS) is 22.0. The Balaban J connectivity index is 1.83. The second-order valence-electron chi connectivity index (χ2n) is 5.56. The van der Waals surface area contributed by atoms with Crippen molar-refractivity contribution in [2.24, 2.45) is 0 Å². The number of rotatable bonds is 4. The SMILES string of the molecule is COc1ncccc1CN1C[C@@H](O)C[C@@H]1c1ccc(F)cc1. The molecule has 1 aromatic heterocycles. The zero-order valence-electron chi connectivity index (χ0n) is 12.4. The van der Waals surface area contributed by atoms with E-state index >= 15 is 0 Å². The molecular weight excluding hydrogens is 283 g/mol. The first-order valence-corrected chi connectivity index (χ1v) is 7.33. The van der Waals surface area contributed by atoms with Gasteiger partial charge in [-0.25, -0.2) is 9.37 Å². The first-order valence-electron chi connectivity index (χ1n) is 7.33. The van der Waals surface area contributed by atoms with Crippen molar-refractivity contribution in [1.29, 1.82) is 0 Å². The van der Waals surface area contributed by atoms with Gasteiger partial charge in [-0.05, 0) is 30.2 Å². The number of nitrogens with zero attached hydrogens (tertiary/aromatic N) is 2. The molecule has 0 bridgehead atoms. The lowest BCUT2D eigenvalue weighted by Crippen LogP contribution is -2.24. The number of benzene rings is 1. The molecule has 4 nitrogen and oxygen atoms in total. The summed E-state index contributed by atoms with van der Waals surface area (Å²) in [7, 11) is 1.60. The molecule has 3 rings (SSSR count). The number of pyridine rings is 1. The predicted molar refractivity (Wildman–Crippen MR) is 81.0 cm³/mol. The van der Waals surface area contributed by atoms with E-state index in [0.717, 1.165) is 11.1 Å². The Hall–Kier alpha value is -1.98. The standard InChI is InChI=1S/C17H19FN2O2/c1-22-17-13(3-2-8-19-17)10-20-11-15(21)9-16(20)12-4-6-14(18)7-5-12/h2-8,15-16,21H,9-11H2,1H3/t15-,16+/m0/s1. The maximum Gasteiger partial charge on any atom is 0.217 e. The predicted octanol–water partition coefficient (Wildman–Crippen LogP) is 2.54. The van der Waals surface area contributed by atoms with Crippen LogP contribution in [0.25, 0.3) is 0 Å². The second kappa shape index (κ2) is 6.42. The zero-order valence-corrected chi connectivity index (χ0v) is 12.4. The number of halogens is 1. The third-order valence-corrected chi connectivity index (χ3v) is 4.05. The van der Waals surface area contributed by atoms with Crippen LogP contribution in [0.1, 0.15) is 23.6 Å². The largest absolute Gasteiger partial charge is 0.481 e. The summed E-state index contributed by atoms with van der Waals surface area (Å²) in [6, 6.07) is 10.4. The molecule has 0 spiro atoms. The van der Waals surface area contributed by atoms with E-state index in [1.165, 1.54) is 12.1 Å². The van der Waals surface area contributed by atoms with E-state index in [0.29, 0.717) is 25.4 Å². The Morgan fingerprint density at radius 1 is 1.32 bits per heavy atom. The smallest absolute Gasteiger partial charge is 0.217 e. The number of β-amino-alcohol motifs (C(OH)–C–C–N with tert-alkyl or cyclic N) is 1. The lowest BCUT2D eigenvalue weighted by Gasteiger charge is -2.25. The first kappa shape index (κ1) is 14.9. The minimum atomic E-state index is -0.377. The summed E-state index contributed by atoms with van der Waals surface area (Å²) < 4.78 is 18.4. The number of ether oxygens (including phenoxy) is 1. The van der Waals surface area contributed by atoms with Gasteiger partial charge in [0.25, 0.3) is 0 Å². The van der Waals surface area contributed by atoms with Crippen LogP contribution in [-0.4, -0.2) is 34.7 Å². The number of hydrogen-bond donors (Lipinski definition) is 1. The van der Waals surface area contributed by atoms with Crippen molar-refractivity contribution in [1.82, 2.24) is 9.88 Å². The number of aliphatic hydroxyl groups is 1. The molecule has 0 amide bonds. The van der Waals surface area contributed by atoms with Gasteiger partial charge >= 0.3 is 0 Å². The lowest BCUT2D eigenvalue weighted by molar-refractivity contribution is 0.172. The number of aromatic nitrogens is 1. The molecule has 1 aliphatic rings. The Bertz CT molecular complexity index is 633. The maximum atomic E-state index is 13.1. The van der Waals surface area contributed by atoms with E-state index in [2.05, 4.69) is 9.88 Å². The van der Waals surface area contributed by atoms with Gasteiger partial charge in [0, 0.05) is 30.9 Å². The van der Waals surface area contributed by atoms with Crippen LogP contribution >= 0.6 is 0 Å². The molecule has 22 heavy (non-hydrogen) atoms. The molecule has 5 heteroatoms. The highest BCUT2D eigenvalue weighted by molar-refractivity contribution is 5.27. The molecule has 0 aliphatic carbocycles. The fraction of sp³-hybridized carbons (Fsp3) is 0.353. The summed E-state index contributed by atoms with van der Waals surface area (Å²) in [5, 5.41) is 10.0. The van der Waals surface area contributed by atoms with Crippen LogP contribution < -0.4 is 4.74 Å². The van der Waals surface area contributed by atoms with Gasteiger partial charge in [0.05, 0.1) is 13.2 Å². The van der Waals surface area contributed by atoms with Gasteiger partial charge < -0.3 is 9.84 Å². The molecule has 2 aromatic rings. The summed E-state index contributed by atoms with van der Waals surface area (Å²) in [5.41, 5.74) is 1.99. The van der Waals surface area contributed by atoms with Crippen LogP contribution in [0.2, 0.25) is 0 Å². The van der Waals surface area contributed by atoms with Crippen LogP contribution in [0, 0.1) is 5.82 Å². The molecule has 1 fully saturated rings. The van der Waals surface area contributed by atoms with E-state index in [-0.39, 0.29) is 18.0 Å². The van der Waals surface area contributed by atoms with Gasteiger partial charge in [-0.2, -0.15) is 0 Å². The van der Waals surface area contributed by atoms with Crippen molar-refractivity contribution < 1.29 is 14.2 Å². The van der Waals surface area contributed by atoms with Crippen molar-refractivity contribution in [2.45, 2.75) is 25.1 Å². The third-order valence-electron chi connectivity index (χ3n) is 4.05. The van der Waals surface area contributed by atoms with Gasteiger partial charge in [0.1, 0.15) is 5.82 Å². The van der Waals surface area contributed by atoms with Crippen molar-refractivity contribution in [3.63, 3.8) is 0 Å². The summed E-state index contributed by atoms with van der Waals surface area (Å²) >= 11 is 0. The molecule has 1 aliphatic heterocycles. The summed E-state index contributed by atoms with van der Waals surface area (Å²) in [6.07, 6.45) is 1.96. The quantitative estimate of drug-likeness (QED) is 0.943. The van der Waals surface area contributed by atoms with Crippen LogP contribution in [0.3, 0.4) is 0 Å². The summed E-state index contributed by atoms with van der Waals surface area (Å²) in [4.78, 5) is 6.38. The van der Waals surface area contributed by atoms with E-state index in [9.17, 15) is 9.50 Å². The molecule has 0 saturated carbocycles. The zero-order chi connectivity index (χ0) is 15.5. The van der Waals surface area contributed by atoms with Gasteiger partial charge in [-0.1, -0.05) is 18.2 Å². The summed E-state index contributed by atoms with van der Waals surface area (Å²) in [5.74, 6) is 0.351. The Labute approximate surface area is 129 Å². The molecule has 0 radical (unpaired) electrons. The molecule has 1 saturated heterocycles. The van der Waals surface area contributed by atoms with Gasteiger partial charge in [0.2, 0.25) is 5.88 Å². The highest BCUT2D eigenvalue weighted by Gasteiger charge is 2.32. The van der Waals surface area contributed by atoms with E-state index in [1.54, 1.807) is 25.4 Å². The first-order chi connectivity index (χ1) is 10.7. The molecular formula is C17H19FN2O2. The maximum absolute atomic E-state index is 13.1. The van der Waals surface area contributed by atoms with Crippen LogP contribution in [0.5, 0.6) is 5.88 Å². The molecule has 2 atom stereocenters. The Morgan fingerprint density at radius 2 is 2.09 bits per heavy atom. The number of hydrogen-bond acceptors (Lipinski definition) is 4. The molecule has 1 aromatic carbocycles. The van der Waals surface area contributed by atoms with Gasteiger partial charge in [-0.3, -0.25) is 4.90 Å². The third kappa shape index (κ3) is 3.10. The van der Waals surface area contributed by atoms with Crippen molar-refractivity contribution in [2.75, 3.05) is 13.7 Å². The molecule has 0 unspecified atom stereocenters. The highest BCUT2D eigenvalue weighted by Crippen LogP contribution is 2.34. The minimum absolute atomic E-state index is 0.0699. The van der Waals surface area contributed by atoms with E-state index < -0.39 is 0 Å². The van der Waals surface area contributed by atoms with E-state index in [4.69, 9.17) is 4.74 Å². The number of methoxy groups -OCH3 is 1. The number of likely N-dealkylation sites (tertiary alicyclic amines) is 1. The van der Waals surface area contributed by atoms with Crippen molar-refractivity contribution >= 4 is 0 Å². The second-order valence-corrected chi connectivity index (χ2v) is 5.56. The Morgan fingerprint density at radius 3 is 2.82 bits per heavy atom. The number of aliphatic hydroxyl groups excluding tert-OH is 1. The topological polar surface area (TPSA) is 45.6 Å². The fourth-order valence-electron chi connectivity index (χ4n) is 3.03. The van der Waals surface area contributed by atoms with Crippen molar-refractivity contribution in [3.8, 4) is 5.88 Å². The molecule has 116 valence electrons. The average molecular weight is 302 g/mol. The van der Waals surface area contributed by atoms with Crippen LogP contribution in [0.4, 0.5) is 4.39 Å². The van der Waals surface area contributed by atoms with Gasteiger partial charge in [0.15, 0.2) is 0 Å². The molecule has 1 N–H and O–H groups in total.